The van der Waals surface area contributed by atoms with E-state index in [9.17, 15) is 19.8 Å². The van der Waals surface area contributed by atoms with Gasteiger partial charge in [-0.25, -0.2) is 0 Å². The number of benzene rings is 2. The molecule has 4 aromatic rings. The fourth-order valence-corrected chi connectivity index (χ4v) is 4.12. The molecule has 0 aliphatic rings. The highest BCUT2D eigenvalue weighted by Gasteiger charge is 2.18. The Balaban J connectivity index is 1.54. The van der Waals surface area contributed by atoms with Crippen LogP contribution >= 0.6 is 0 Å². The molecular weight excluding hydrogens is 448 g/mol. The Labute approximate surface area is 201 Å². The van der Waals surface area contributed by atoms with E-state index in [4.69, 9.17) is 0 Å². The van der Waals surface area contributed by atoms with Crippen molar-refractivity contribution in [2.75, 3.05) is 0 Å². The molecule has 0 bridgehead atoms. The maximum absolute atomic E-state index is 12.3. The second-order valence-corrected chi connectivity index (χ2v) is 8.24. The van der Waals surface area contributed by atoms with Gasteiger partial charge >= 0.3 is 0 Å². The Kier molecular flexibility index (Phi) is 6.46. The second kappa shape index (κ2) is 9.49. The van der Waals surface area contributed by atoms with Crippen LogP contribution in [0.1, 0.15) is 31.4 Å². The molecule has 0 saturated carbocycles. The predicted molar refractivity (Wildman–Crippen MR) is 132 cm³/mol. The Morgan fingerprint density at radius 2 is 1.14 bits per heavy atom. The van der Waals surface area contributed by atoms with Crippen molar-refractivity contribution in [1.82, 2.24) is 9.13 Å². The van der Waals surface area contributed by atoms with Crippen LogP contribution < -0.4 is 0 Å². The van der Waals surface area contributed by atoms with Gasteiger partial charge in [-0.15, -0.1) is 20.5 Å². The van der Waals surface area contributed by atoms with Crippen molar-refractivity contribution in [3.05, 3.63) is 47.5 Å². The first-order chi connectivity index (χ1) is 16.7. The number of rotatable bonds is 6. The zero-order valence-electron chi connectivity index (χ0n) is 20.0. The molecule has 0 saturated heterocycles. The average molecular weight is 475 g/mol. The topological polar surface area (TPSA) is 134 Å². The van der Waals surface area contributed by atoms with E-state index < -0.39 is 18.2 Å². The van der Waals surface area contributed by atoms with Crippen LogP contribution in [-0.4, -0.2) is 31.2 Å². The summed E-state index contributed by atoms with van der Waals surface area (Å²) in [6.07, 6.45) is -0.647. The van der Waals surface area contributed by atoms with Crippen LogP contribution in [0.2, 0.25) is 0 Å². The van der Waals surface area contributed by atoms with E-state index in [0.29, 0.717) is 23.9 Å². The van der Waals surface area contributed by atoms with E-state index in [1.807, 2.05) is 64.1 Å². The number of aryl methyl sites for hydroxylation is 4. The van der Waals surface area contributed by atoms with E-state index in [1.54, 1.807) is 9.13 Å². The molecule has 2 amide bonds. The number of azo groups is 2. The number of carbonyl (C=O) groups is 2. The summed E-state index contributed by atoms with van der Waals surface area (Å²) >= 11 is 0. The van der Waals surface area contributed by atoms with E-state index in [1.165, 1.54) is 0 Å². The lowest BCUT2D eigenvalue weighted by molar-refractivity contribution is -0.126. The second-order valence-electron chi connectivity index (χ2n) is 8.24. The highest BCUT2D eigenvalue weighted by atomic mass is 16.3. The molecule has 0 spiro atoms. The monoisotopic (exact) mass is 474 g/mol. The molecule has 0 aliphatic heterocycles. The molecule has 35 heavy (non-hydrogen) atoms. The van der Waals surface area contributed by atoms with Gasteiger partial charge in [0.1, 0.15) is 6.42 Å². The van der Waals surface area contributed by atoms with Crippen LogP contribution in [-0.2, 0) is 22.7 Å². The lowest BCUT2D eigenvalue weighted by atomic mass is 10.1. The zero-order chi connectivity index (χ0) is 25.3. The Morgan fingerprint density at radius 3 is 1.51 bits per heavy atom. The van der Waals surface area contributed by atoms with E-state index in [-0.39, 0.29) is 23.1 Å². The van der Waals surface area contributed by atoms with Crippen LogP contribution in [0.5, 0.6) is 11.8 Å². The van der Waals surface area contributed by atoms with Crippen LogP contribution in [0.3, 0.4) is 0 Å². The smallest absolute Gasteiger partial charge is 0.274 e. The molecule has 0 radical (unpaired) electrons. The number of nitrogens with zero attached hydrogens (tertiary/aromatic N) is 6. The van der Waals surface area contributed by atoms with Gasteiger partial charge in [-0.3, -0.25) is 9.59 Å². The molecule has 2 aromatic heterocycles. The largest absolute Gasteiger partial charge is 0.493 e. The SMILES string of the molecule is CCn1c(O)c(N=NC(=O)CC(=O)N=Nc2c(O)n(CC)c3ccc(C)cc23)c2cc(C)ccc21. The highest BCUT2D eigenvalue weighted by Crippen LogP contribution is 2.40. The molecule has 0 fully saturated rings. The molecule has 10 nitrogen and oxygen atoms in total. The van der Waals surface area contributed by atoms with E-state index in [2.05, 4.69) is 20.5 Å². The minimum Gasteiger partial charge on any atom is -0.493 e. The van der Waals surface area contributed by atoms with Gasteiger partial charge < -0.3 is 19.3 Å². The third-order valence-corrected chi connectivity index (χ3v) is 5.79. The summed E-state index contributed by atoms with van der Waals surface area (Å²) in [5.41, 5.74) is 3.80. The summed E-state index contributed by atoms with van der Waals surface area (Å²) in [7, 11) is 0. The summed E-state index contributed by atoms with van der Waals surface area (Å²) in [6, 6.07) is 11.3. The Morgan fingerprint density at radius 1 is 0.743 bits per heavy atom. The minimum atomic E-state index is -0.825. The molecular formula is C25H26N6O4. The number of hydrogen-bond acceptors (Lipinski definition) is 6. The van der Waals surface area contributed by atoms with Crippen molar-refractivity contribution in [2.24, 2.45) is 20.5 Å². The first kappa shape index (κ1) is 23.8. The fourth-order valence-electron chi connectivity index (χ4n) is 4.12. The molecule has 0 unspecified atom stereocenters. The molecule has 2 N–H and O–H groups in total. The van der Waals surface area contributed by atoms with Gasteiger partial charge in [-0.05, 0) is 52.0 Å². The van der Waals surface area contributed by atoms with Crippen molar-refractivity contribution >= 4 is 45.0 Å². The van der Waals surface area contributed by atoms with Gasteiger partial charge in [0, 0.05) is 23.9 Å². The van der Waals surface area contributed by atoms with Crippen LogP contribution in [0.25, 0.3) is 21.8 Å². The minimum absolute atomic E-state index is 0.103. The van der Waals surface area contributed by atoms with Crippen LogP contribution in [0, 0.1) is 13.8 Å². The van der Waals surface area contributed by atoms with E-state index in [0.717, 1.165) is 22.2 Å². The number of amides is 2. The number of aromatic nitrogens is 2. The van der Waals surface area contributed by atoms with Crippen molar-refractivity contribution in [3.63, 3.8) is 0 Å². The lowest BCUT2D eigenvalue weighted by Crippen LogP contribution is -2.01. The third-order valence-electron chi connectivity index (χ3n) is 5.79. The van der Waals surface area contributed by atoms with Crippen molar-refractivity contribution in [1.29, 1.82) is 0 Å². The number of fused-ring (bicyclic) bond motifs is 2. The van der Waals surface area contributed by atoms with Gasteiger partial charge in [-0.2, -0.15) is 0 Å². The summed E-state index contributed by atoms with van der Waals surface area (Å²) in [5.74, 6) is -1.86. The summed E-state index contributed by atoms with van der Waals surface area (Å²) in [4.78, 5) is 24.6. The summed E-state index contributed by atoms with van der Waals surface area (Å²) in [6.45, 7) is 8.60. The quantitative estimate of drug-likeness (QED) is 0.263. The molecule has 10 heteroatoms. The fraction of sp³-hybridized carbons (Fsp3) is 0.280. The standard InChI is InChI=1S/C25H26N6O4/c1-5-30-18-9-7-14(3)11-16(18)22(24(30)34)28-26-20(32)13-21(33)27-29-23-17-12-15(4)8-10-19(17)31(6-2)25(23)35/h7-12,34-35H,5-6,13H2,1-4H3. The average Bonchev–Trinajstić information content (AvgIpc) is 3.24. The number of carbonyl (C=O) groups excluding carboxylic acids is 2. The first-order valence-corrected chi connectivity index (χ1v) is 11.3. The van der Waals surface area contributed by atoms with Crippen molar-refractivity contribution < 1.29 is 19.8 Å². The maximum atomic E-state index is 12.3. The molecule has 2 aromatic carbocycles. The van der Waals surface area contributed by atoms with Crippen LogP contribution in [0.4, 0.5) is 11.4 Å². The molecule has 180 valence electrons. The number of aromatic hydroxyl groups is 2. The zero-order valence-corrected chi connectivity index (χ0v) is 20.0. The van der Waals surface area contributed by atoms with Gasteiger partial charge in [0.25, 0.3) is 11.8 Å². The molecule has 4 rings (SSSR count). The molecule has 0 atom stereocenters. The third kappa shape index (κ3) is 4.42. The van der Waals surface area contributed by atoms with Gasteiger partial charge in [0.15, 0.2) is 11.4 Å². The highest BCUT2D eigenvalue weighted by molar-refractivity contribution is 5.99. The van der Waals surface area contributed by atoms with Gasteiger partial charge in [0.05, 0.1) is 11.0 Å². The first-order valence-electron chi connectivity index (χ1n) is 11.3. The van der Waals surface area contributed by atoms with Crippen LogP contribution in [0.15, 0.2) is 56.9 Å². The normalized spacial score (nSPS) is 12.0. The predicted octanol–water partition coefficient (Wildman–Crippen LogP) is 5.97. The summed E-state index contributed by atoms with van der Waals surface area (Å²) < 4.78 is 3.32. The summed E-state index contributed by atoms with van der Waals surface area (Å²) in [5, 5.41) is 37.5. The van der Waals surface area contributed by atoms with Crippen molar-refractivity contribution in [3.8, 4) is 11.8 Å². The van der Waals surface area contributed by atoms with E-state index >= 15 is 0 Å². The molecule has 2 heterocycles. The maximum Gasteiger partial charge on any atom is 0.274 e. The Hall–Kier alpha value is -4.34. The van der Waals surface area contributed by atoms with Gasteiger partial charge in [0.2, 0.25) is 11.8 Å². The lowest BCUT2D eigenvalue weighted by Gasteiger charge is -2.01. The molecule has 0 aliphatic carbocycles. The van der Waals surface area contributed by atoms with Crippen molar-refractivity contribution in [2.45, 2.75) is 47.2 Å². The number of hydrogen-bond donors (Lipinski definition) is 2. The Bertz CT molecular complexity index is 1410. The van der Waals surface area contributed by atoms with Gasteiger partial charge in [-0.1, -0.05) is 23.3 Å².